The van der Waals surface area contributed by atoms with E-state index in [-0.39, 0.29) is 4.90 Å². The molecule has 0 aliphatic carbocycles. The molecule has 0 amide bonds. The van der Waals surface area contributed by atoms with Gasteiger partial charge >= 0.3 is 0 Å². The van der Waals surface area contributed by atoms with Crippen molar-refractivity contribution in [3.05, 3.63) is 35.5 Å². The van der Waals surface area contributed by atoms with E-state index in [2.05, 4.69) is 14.9 Å². The van der Waals surface area contributed by atoms with Crippen molar-refractivity contribution in [1.29, 1.82) is 0 Å². The number of rotatable bonds is 3. The lowest BCUT2D eigenvalue weighted by Gasteiger charge is -2.08. The lowest BCUT2D eigenvalue weighted by atomic mass is 10.2. The highest BCUT2D eigenvalue weighted by Crippen LogP contribution is 2.28. The fourth-order valence-corrected chi connectivity index (χ4v) is 3.11. The van der Waals surface area contributed by atoms with Crippen molar-refractivity contribution < 1.29 is 13.2 Å². The van der Waals surface area contributed by atoms with Crippen LogP contribution in [0.2, 0.25) is 0 Å². The fraction of sp³-hybridized carbons (Fsp3) is 0.250. The van der Waals surface area contributed by atoms with E-state index < -0.39 is 10.0 Å². The third-order valence-corrected chi connectivity index (χ3v) is 4.38. The molecule has 7 heteroatoms. The summed E-state index contributed by atoms with van der Waals surface area (Å²) in [5, 5.41) is 6.40. The van der Waals surface area contributed by atoms with Crippen molar-refractivity contribution >= 4 is 15.8 Å². The number of aryl methyl sites for hydroxylation is 1. The van der Waals surface area contributed by atoms with Gasteiger partial charge in [0.25, 0.3) is 10.0 Å². The van der Waals surface area contributed by atoms with Crippen LogP contribution in [-0.4, -0.2) is 25.2 Å². The summed E-state index contributed by atoms with van der Waals surface area (Å²) in [6.45, 7) is 2.38. The topological polar surface area (TPSA) is 84.1 Å². The second-order valence-corrected chi connectivity index (χ2v) is 6.08. The Morgan fingerprint density at radius 2 is 2.26 bits per heavy atom. The summed E-state index contributed by atoms with van der Waals surface area (Å²) in [5.74, 6) is 1.15. The minimum absolute atomic E-state index is 0.228. The molecular formula is C12H13N3O3S. The molecule has 0 atom stereocenters. The fourth-order valence-electron chi connectivity index (χ4n) is 1.97. The lowest BCUT2D eigenvalue weighted by molar-refractivity contribution is 0.356. The van der Waals surface area contributed by atoms with Gasteiger partial charge in [0.1, 0.15) is 11.6 Å². The average Bonchev–Trinajstić information content (AvgIpc) is 2.97. The third-order valence-electron chi connectivity index (χ3n) is 3.04. The molecule has 0 saturated carbocycles. The van der Waals surface area contributed by atoms with E-state index in [0.29, 0.717) is 12.4 Å². The SMILES string of the molecule is Cc1cn[nH]c1NS(=O)(=O)c1ccc2c(c1)CCO2. The number of ether oxygens (including phenoxy) is 1. The van der Waals surface area contributed by atoms with Gasteiger partial charge in [-0.3, -0.25) is 9.82 Å². The summed E-state index contributed by atoms with van der Waals surface area (Å²) in [6, 6.07) is 4.88. The number of anilines is 1. The van der Waals surface area contributed by atoms with E-state index in [1.807, 2.05) is 0 Å². The number of sulfonamides is 1. The number of fused-ring (bicyclic) bond motifs is 1. The van der Waals surface area contributed by atoms with E-state index in [9.17, 15) is 8.42 Å². The Kier molecular flexibility index (Phi) is 2.70. The Balaban J connectivity index is 1.94. The van der Waals surface area contributed by atoms with Gasteiger partial charge in [-0.05, 0) is 30.7 Å². The van der Waals surface area contributed by atoms with Crippen LogP contribution in [0.5, 0.6) is 5.75 Å². The molecule has 1 aliphatic heterocycles. The molecule has 0 radical (unpaired) electrons. The van der Waals surface area contributed by atoms with Gasteiger partial charge in [0.2, 0.25) is 0 Å². The average molecular weight is 279 g/mol. The molecular weight excluding hydrogens is 266 g/mol. The van der Waals surface area contributed by atoms with Crippen molar-refractivity contribution in [3.8, 4) is 5.75 Å². The first-order valence-electron chi connectivity index (χ1n) is 5.85. The Bertz CT molecular complexity index is 722. The molecule has 100 valence electrons. The molecule has 0 unspecified atom stereocenters. The van der Waals surface area contributed by atoms with Crippen molar-refractivity contribution in [2.45, 2.75) is 18.2 Å². The molecule has 6 nitrogen and oxygen atoms in total. The van der Waals surface area contributed by atoms with Crippen LogP contribution in [0.1, 0.15) is 11.1 Å². The first kappa shape index (κ1) is 12.0. The number of nitrogens with zero attached hydrogens (tertiary/aromatic N) is 1. The van der Waals surface area contributed by atoms with E-state index in [0.717, 1.165) is 23.3 Å². The predicted molar refractivity (Wildman–Crippen MR) is 69.8 cm³/mol. The molecule has 0 fully saturated rings. The number of H-pyrrole nitrogens is 1. The minimum Gasteiger partial charge on any atom is -0.493 e. The molecule has 1 aromatic carbocycles. The van der Waals surface area contributed by atoms with Crippen LogP contribution in [-0.2, 0) is 16.4 Å². The quantitative estimate of drug-likeness (QED) is 0.890. The molecule has 19 heavy (non-hydrogen) atoms. The van der Waals surface area contributed by atoms with Crippen molar-refractivity contribution in [3.63, 3.8) is 0 Å². The molecule has 1 aromatic heterocycles. The van der Waals surface area contributed by atoms with Crippen LogP contribution in [0.3, 0.4) is 0 Å². The van der Waals surface area contributed by atoms with Gasteiger partial charge in [0, 0.05) is 12.0 Å². The number of aromatic nitrogens is 2. The third kappa shape index (κ3) is 2.17. The first-order chi connectivity index (χ1) is 9.06. The van der Waals surface area contributed by atoms with Gasteiger partial charge in [-0.2, -0.15) is 5.10 Å². The Labute approximate surface area is 110 Å². The molecule has 0 bridgehead atoms. The Hall–Kier alpha value is -2.02. The maximum atomic E-state index is 12.3. The molecule has 3 rings (SSSR count). The zero-order chi connectivity index (χ0) is 13.5. The van der Waals surface area contributed by atoms with E-state index in [1.165, 1.54) is 6.07 Å². The summed E-state index contributed by atoms with van der Waals surface area (Å²) in [4.78, 5) is 0.228. The second kappa shape index (κ2) is 4.27. The Morgan fingerprint density at radius 3 is 3.00 bits per heavy atom. The van der Waals surface area contributed by atoms with Crippen LogP contribution in [0, 0.1) is 6.92 Å². The van der Waals surface area contributed by atoms with Gasteiger partial charge in [-0.25, -0.2) is 8.42 Å². The van der Waals surface area contributed by atoms with E-state index in [4.69, 9.17) is 4.74 Å². The zero-order valence-electron chi connectivity index (χ0n) is 10.3. The van der Waals surface area contributed by atoms with Crippen molar-refractivity contribution in [2.75, 3.05) is 11.3 Å². The maximum Gasteiger partial charge on any atom is 0.263 e. The number of hydrogen-bond donors (Lipinski definition) is 2. The van der Waals surface area contributed by atoms with Crippen LogP contribution >= 0.6 is 0 Å². The monoisotopic (exact) mass is 279 g/mol. The highest BCUT2D eigenvalue weighted by Gasteiger charge is 2.20. The van der Waals surface area contributed by atoms with Crippen LogP contribution < -0.4 is 9.46 Å². The van der Waals surface area contributed by atoms with Gasteiger partial charge in [-0.1, -0.05) is 0 Å². The standard InChI is InChI=1S/C12H13N3O3S/c1-8-7-13-14-12(8)15-19(16,17)10-2-3-11-9(6-10)4-5-18-11/h2-3,6-7H,4-5H2,1H3,(H2,13,14,15). The molecule has 0 spiro atoms. The summed E-state index contributed by atoms with van der Waals surface area (Å²) in [7, 11) is -3.60. The van der Waals surface area contributed by atoms with Gasteiger partial charge in [0.05, 0.1) is 17.7 Å². The van der Waals surface area contributed by atoms with Crippen LogP contribution in [0.4, 0.5) is 5.82 Å². The highest BCUT2D eigenvalue weighted by molar-refractivity contribution is 7.92. The zero-order valence-corrected chi connectivity index (χ0v) is 11.1. The molecule has 1 aliphatic rings. The lowest BCUT2D eigenvalue weighted by Crippen LogP contribution is -2.14. The molecule has 2 heterocycles. The van der Waals surface area contributed by atoms with Crippen molar-refractivity contribution in [1.82, 2.24) is 10.2 Å². The molecule has 2 aromatic rings. The summed E-state index contributed by atoms with van der Waals surface area (Å²) < 4.78 is 32.4. The first-order valence-corrected chi connectivity index (χ1v) is 7.33. The number of aromatic amines is 1. The summed E-state index contributed by atoms with van der Waals surface area (Å²) in [6.07, 6.45) is 2.30. The Morgan fingerprint density at radius 1 is 1.42 bits per heavy atom. The van der Waals surface area contributed by atoms with Crippen LogP contribution in [0.25, 0.3) is 0 Å². The normalized spacial score (nSPS) is 13.9. The van der Waals surface area contributed by atoms with E-state index >= 15 is 0 Å². The number of hydrogen-bond acceptors (Lipinski definition) is 4. The molecule has 2 N–H and O–H groups in total. The summed E-state index contributed by atoms with van der Waals surface area (Å²) >= 11 is 0. The highest BCUT2D eigenvalue weighted by atomic mass is 32.2. The summed E-state index contributed by atoms with van der Waals surface area (Å²) in [5.41, 5.74) is 1.66. The number of nitrogens with one attached hydrogen (secondary N) is 2. The van der Waals surface area contributed by atoms with Gasteiger partial charge < -0.3 is 4.74 Å². The van der Waals surface area contributed by atoms with E-state index in [1.54, 1.807) is 25.3 Å². The van der Waals surface area contributed by atoms with Crippen molar-refractivity contribution in [2.24, 2.45) is 0 Å². The smallest absolute Gasteiger partial charge is 0.263 e. The molecule has 0 saturated heterocycles. The minimum atomic E-state index is -3.60. The maximum absolute atomic E-state index is 12.3. The predicted octanol–water partition coefficient (Wildman–Crippen LogP) is 1.45. The second-order valence-electron chi connectivity index (χ2n) is 4.40. The number of benzene rings is 1. The van der Waals surface area contributed by atoms with Crippen LogP contribution in [0.15, 0.2) is 29.3 Å². The largest absolute Gasteiger partial charge is 0.493 e. The van der Waals surface area contributed by atoms with Gasteiger partial charge in [-0.15, -0.1) is 0 Å². The van der Waals surface area contributed by atoms with Gasteiger partial charge in [0.15, 0.2) is 0 Å².